The predicted molar refractivity (Wildman–Crippen MR) is 148 cm³/mol. The summed E-state index contributed by atoms with van der Waals surface area (Å²) in [6, 6.07) is 9.20. The molecule has 1 aliphatic carbocycles. The van der Waals surface area contributed by atoms with Gasteiger partial charge in [0.2, 0.25) is 0 Å². The van der Waals surface area contributed by atoms with Crippen molar-refractivity contribution in [3.8, 4) is 11.8 Å². The van der Waals surface area contributed by atoms with Gasteiger partial charge in [0.15, 0.2) is 5.76 Å². The molecule has 2 N–H and O–H groups in total. The number of halogens is 1. The van der Waals surface area contributed by atoms with Gasteiger partial charge < -0.3 is 19.5 Å². The van der Waals surface area contributed by atoms with E-state index in [4.69, 9.17) is 14.2 Å². The quantitative estimate of drug-likeness (QED) is 0.392. The fourth-order valence-corrected chi connectivity index (χ4v) is 4.63. The highest BCUT2D eigenvalue weighted by atomic mass is 19.1. The number of aromatic nitrogens is 2. The third kappa shape index (κ3) is 6.09. The van der Waals surface area contributed by atoms with Crippen LogP contribution in [0.4, 0.5) is 26.2 Å². The number of anilines is 3. The van der Waals surface area contributed by atoms with Gasteiger partial charge in [0.1, 0.15) is 24.3 Å². The van der Waals surface area contributed by atoms with Gasteiger partial charge in [-0.05, 0) is 43.7 Å². The van der Waals surface area contributed by atoms with E-state index in [0.717, 1.165) is 18.7 Å². The first-order valence-corrected chi connectivity index (χ1v) is 13.2. The van der Waals surface area contributed by atoms with Gasteiger partial charge >= 0.3 is 6.09 Å². The number of carbonyl (C=O) groups is 1. The monoisotopic (exact) mass is 546 g/mol. The van der Waals surface area contributed by atoms with Crippen molar-refractivity contribution in [2.24, 2.45) is 5.92 Å². The summed E-state index contributed by atoms with van der Waals surface area (Å²) >= 11 is 0. The molecule has 0 saturated carbocycles. The van der Waals surface area contributed by atoms with Crippen molar-refractivity contribution in [1.29, 1.82) is 5.26 Å². The molecule has 0 spiro atoms. The molecule has 1 unspecified atom stereocenters. The number of hydrogen-bond donors (Lipinski definition) is 2. The van der Waals surface area contributed by atoms with Gasteiger partial charge in [-0.3, -0.25) is 10.2 Å². The van der Waals surface area contributed by atoms with Crippen molar-refractivity contribution in [2.75, 3.05) is 50.1 Å². The number of aryl methyl sites for hydroxylation is 1. The molecule has 2 aromatic heterocycles. The molecule has 1 amide bonds. The van der Waals surface area contributed by atoms with E-state index < -0.39 is 6.09 Å². The summed E-state index contributed by atoms with van der Waals surface area (Å²) in [7, 11) is 0. The number of nitrogens with zero attached hydrogens (tertiary/aromatic N) is 4. The lowest BCUT2D eigenvalue weighted by Gasteiger charge is -2.26. The minimum Gasteiger partial charge on any atom is -0.455 e. The van der Waals surface area contributed by atoms with Crippen LogP contribution in [-0.2, 0) is 9.47 Å². The van der Waals surface area contributed by atoms with E-state index in [1.807, 2.05) is 19.9 Å². The second-order valence-electron chi connectivity index (χ2n) is 9.72. The molecule has 1 saturated heterocycles. The highest BCUT2D eigenvalue weighted by Gasteiger charge is 2.19. The van der Waals surface area contributed by atoms with Gasteiger partial charge in [-0.15, -0.1) is 0 Å². The second-order valence-corrected chi connectivity index (χ2v) is 9.72. The van der Waals surface area contributed by atoms with E-state index in [1.165, 1.54) is 6.20 Å². The number of nitriles is 1. The fourth-order valence-electron chi connectivity index (χ4n) is 4.63. The maximum atomic E-state index is 14.4. The van der Waals surface area contributed by atoms with E-state index >= 15 is 0 Å². The van der Waals surface area contributed by atoms with Crippen molar-refractivity contribution in [3.63, 3.8) is 0 Å². The number of morpholine rings is 1. The number of fused-ring (bicyclic) bond motifs is 1. The number of amides is 1. The van der Waals surface area contributed by atoms with Crippen molar-refractivity contribution in [2.45, 2.75) is 20.3 Å². The molecule has 1 aromatic carbocycles. The Morgan fingerprint density at radius 2 is 2.05 bits per heavy atom. The highest BCUT2D eigenvalue weighted by Crippen LogP contribution is 2.33. The lowest BCUT2D eigenvalue weighted by molar-refractivity contribution is 0.0290. The zero-order valence-corrected chi connectivity index (χ0v) is 22.4. The molecule has 11 heteroatoms. The van der Waals surface area contributed by atoms with Crippen LogP contribution in [0.25, 0.3) is 5.52 Å². The number of benzene rings is 1. The summed E-state index contributed by atoms with van der Waals surface area (Å²) in [4.78, 5) is 14.7. The van der Waals surface area contributed by atoms with E-state index in [9.17, 15) is 14.4 Å². The minimum atomic E-state index is -0.563. The number of carbonyl (C=O) groups excluding carboxylic acids is 1. The molecule has 40 heavy (non-hydrogen) atoms. The zero-order chi connectivity index (χ0) is 28.1. The van der Waals surface area contributed by atoms with Crippen LogP contribution in [0.15, 0.2) is 60.4 Å². The van der Waals surface area contributed by atoms with Crippen LogP contribution in [0.2, 0.25) is 0 Å². The highest BCUT2D eigenvalue weighted by molar-refractivity contribution is 5.92. The molecule has 0 bridgehead atoms. The van der Waals surface area contributed by atoms with E-state index in [2.05, 4.69) is 26.7 Å². The molecular formula is C29H31FN6O4. The third-order valence-corrected chi connectivity index (χ3v) is 6.94. The SMILES string of the molecule is Cc1c(NC(=O)OCCN2CCOCC2)cn2ncc(C#N)c(Nc3ccc(OC4=C(F)C(C)CC=C4)cc3)c12. The van der Waals surface area contributed by atoms with Crippen LogP contribution in [-0.4, -0.2) is 60.1 Å². The van der Waals surface area contributed by atoms with Crippen molar-refractivity contribution in [3.05, 3.63) is 71.5 Å². The number of rotatable bonds is 8. The second kappa shape index (κ2) is 12.2. The fraction of sp³-hybridized carbons (Fsp3) is 0.345. The van der Waals surface area contributed by atoms with Gasteiger partial charge in [0.25, 0.3) is 0 Å². The van der Waals surface area contributed by atoms with Crippen LogP contribution in [0.5, 0.6) is 5.75 Å². The summed E-state index contributed by atoms with van der Waals surface area (Å²) in [6.45, 7) is 7.57. The topological polar surface area (TPSA) is 113 Å². The van der Waals surface area contributed by atoms with E-state index in [-0.39, 0.29) is 24.1 Å². The Labute approximate surface area is 231 Å². The summed E-state index contributed by atoms with van der Waals surface area (Å²) < 4.78 is 32.5. The van der Waals surface area contributed by atoms with Gasteiger partial charge in [-0.1, -0.05) is 13.0 Å². The Kier molecular flexibility index (Phi) is 8.28. The normalized spacial score (nSPS) is 17.5. The van der Waals surface area contributed by atoms with Crippen LogP contribution >= 0.6 is 0 Å². The van der Waals surface area contributed by atoms with Crippen LogP contribution < -0.4 is 15.4 Å². The molecule has 208 valence electrons. The Balaban J connectivity index is 1.29. The zero-order valence-electron chi connectivity index (χ0n) is 22.4. The number of nitrogens with one attached hydrogen (secondary N) is 2. The Bertz CT molecular complexity index is 1480. The van der Waals surface area contributed by atoms with Gasteiger partial charge in [-0.2, -0.15) is 10.4 Å². The van der Waals surface area contributed by atoms with Gasteiger partial charge in [-0.25, -0.2) is 13.7 Å². The van der Waals surface area contributed by atoms with E-state index in [0.29, 0.717) is 60.1 Å². The summed E-state index contributed by atoms with van der Waals surface area (Å²) in [5.41, 5.74) is 3.44. The van der Waals surface area contributed by atoms with E-state index in [1.54, 1.807) is 41.1 Å². The number of ether oxygens (including phenoxy) is 3. The summed E-state index contributed by atoms with van der Waals surface area (Å²) in [5.74, 6) is 0.232. The summed E-state index contributed by atoms with van der Waals surface area (Å²) in [5, 5.41) is 20.2. The molecule has 10 nitrogen and oxygen atoms in total. The molecule has 5 rings (SSSR count). The van der Waals surface area contributed by atoms with Crippen LogP contribution in [0.1, 0.15) is 24.5 Å². The Hall–Kier alpha value is -4.40. The molecular weight excluding hydrogens is 515 g/mol. The number of hydrogen-bond acceptors (Lipinski definition) is 8. The molecule has 2 aliphatic rings. The van der Waals surface area contributed by atoms with Crippen LogP contribution in [0, 0.1) is 24.2 Å². The minimum absolute atomic E-state index is 0.207. The Morgan fingerprint density at radius 3 is 2.80 bits per heavy atom. The molecule has 0 radical (unpaired) electrons. The van der Waals surface area contributed by atoms with Crippen LogP contribution in [0.3, 0.4) is 0 Å². The lowest BCUT2D eigenvalue weighted by atomic mass is 10.0. The van der Waals surface area contributed by atoms with Gasteiger partial charge in [0, 0.05) is 36.8 Å². The number of allylic oxidation sites excluding steroid dienone is 3. The standard InChI is InChI=1S/C29H31FN6O4/c1-19-4-3-5-25(26(19)30)40-23-8-6-22(7-9-23)33-27-21(16-31)17-32-36-18-24(20(2)28(27)36)34-29(37)39-15-12-35-10-13-38-14-11-35/h3,5-9,17-19,33H,4,10-15H2,1-2H3,(H,34,37). The maximum absolute atomic E-state index is 14.4. The lowest BCUT2D eigenvalue weighted by Crippen LogP contribution is -2.38. The van der Waals surface area contributed by atoms with Crippen molar-refractivity contribution >= 4 is 28.7 Å². The first-order chi connectivity index (χ1) is 19.4. The summed E-state index contributed by atoms with van der Waals surface area (Å²) in [6.07, 6.45) is 6.77. The van der Waals surface area contributed by atoms with Crippen molar-refractivity contribution in [1.82, 2.24) is 14.5 Å². The average molecular weight is 547 g/mol. The van der Waals surface area contributed by atoms with Gasteiger partial charge in [0.05, 0.1) is 48.1 Å². The predicted octanol–water partition coefficient (Wildman–Crippen LogP) is 5.29. The molecule has 1 atom stereocenters. The molecule has 3 heterocycles. The largest absolute Gasteiger partial charge is 0.455 e. The third-order valence-electron chi connectivity index (χ3n) is 6.94. The Morgan fingerprint density at radius 1 is 1.27 bits per heavy atom. The maximum Gasteiger partial charge on any atom is 0.411 e. The molecule has 1 fully saturated rings. The molecule has 3 aromatic rings. The molecule has 1 aliphatic heterocycles. The van der Waals surface area contributed by atoms with Crippen molar-refractivity contribution < 1.29 is 23.4 Å². The first kappa shape index (κ1) is 27.2. The average Bonchev–Trinajstić information content (AvgIpc) is 3.28. The first-order valence-electron chi connectivity index (χ1n) is 13.2. The smallest absolute Gasteiger partial charge is 0.411 e.